The Bertz CT molecular complexity index is 418. The summed E-state index contributed by atoms with van der Waals surface area (Å²) in [6, 6.07) is 0. The van der Waals surface area contributed by atoms with Gasteiger partial charge in [-0.15, -0.1) is 0 Å². The first-order valence-corrected chi connectivity index (χ1v) is 7.17. The molecule has 1 saturated heterocycles. The summed E-state index contributed by atoms with van der Waals surface area (Å²) in [5.74, 6) is -0.0514. The van der Waals surface area contributed by atoms with Crippen molar-refractivity contribution in [3.63, 3.8) is 0 Å². The standard InChI is InChI=1S/C15H22O4/c1-6-9-4-12(17)8(3)13(9)14-10(5-11(6)16)7(2)15(18)19-14/h7-14,16-17H,1,4-5H2,2-3H3/t7-,8+,9-,10-,11-,12-,13-,14-/m0/s1. The highest BCUT2D eigenvalue weighted by Gasteiger charge is 2.56. The zero-order chi connectivity index (χ0) is 13.9. The molecule has 1 heterocycles. The minimum Gasteiger partial charge on any atom is -0.461 e. The van der Waals surface area contributed by atoms with E-state index in [1.54, 1.807) is 0 Å². The molecule has 3 fully saturated rings. The molecule has 0 aromatic heterocycles. The Morgan fingerprint density at radius 2 is 1.95 bits per heavy atom. The third-order valence-electron chi connectivity index (χ3n) is 5.64. The SMILES string of the molecule is C=C1[C@@H](O)C[C@@H]2[C@H](OC(=O)[C@H]2C)[C@H]2[C@H](C)[C@@H](O)C[C@@H]12. The van der Waals surface area contributed by atoms with Gasteiger partial charge in [0.15, 0.2) is 0 Å². The highest BCUT2D eigenvalue weighted by molar-refractivity contribution is 5.75. The first kappa shape index (κ1) is 13.1. The van der Waals surface area contributed by atoms with Crippen molar-refractivity contribution in [1.82, 2.24) is 0 Å². The smallest absolute Gasteiger partial charge is 0.309 e. The number of ether oxygens (including phenoxy) is 1. The van der Waals surface area contributed by atoms with Gasteiger partial charge in [-0.1, -0.05) is 20.4 Å². The summed E-state index contributed by atoms with van der Waals surface area (Å²) in [4.78, 5) is 11.8. The van der Waals surface area contributed by atoms with Crippen molar-refractivity contribution >= 4 is 5.97 Å². The molecule has 2 N–H and O–H groups in total. The molecule has 8 atom stereocenters. The molecule has 2 aliphatic carbocycles. The van der Waals surface area contributed by atoms with Gasteiger partial charge in [0.1, 0.15) is 6.10 Å². The van der Waals surface area contributed by atoms with Crippen molar-refractivity contribution in [3.05, 3.63) is 12.2 Å². The van der Waals surface area contributed by atoms with Gasteiger partial charge in [0.05, 0.1) is 18.1 Å². The van der Waals surface area contributed by atoms with E-state index in [2.05, 4.69) is 6.58 Å². The molecule has 0 aromatic rings. The van der Waals surface area contributed by atoms with Gasteiger partial charge < -0.3 is 14.9 Å². The largest absolute Gasteiger partial charge is 0.461 e. The zero-order valence-corrected chi connectivity index (χ0v) is 11.5. The second-order valence-corrected chi connectivity index (χ2v) is 6.53. The lowest BCUT2D eigenvalue weighted by molar-refractivity contribution is -0.146. The summed E-state index contributed by atoms with van der Waals surface area (Å²) >= 11 is 0. The van der Waals surface area contributed by atoms with Gasteiger partial charge in [-0.25, -0.2) is 0 Å². The topological polar surface area (TPSA) is 66.8 Å². The lowest BCUT2D eigenvalue weighted by Gasteiger charge is -2.29. The van der Waals surface area contributed by atoms with Crippen molar-refractivity contribution in [2.24, 2.45) is 29.6 Å². The van der Waals surface area contributed by atoms with Crippen molar-refractivity contribution in [2.45, 2.75) is 45.0 Å². The van der Waals surface area contributed by atoms with Crippen LogP contribution in [0.4, 0.5) is 0 Å². The molecule has 0 aromatic carbocycles. The van der Waals surface area contributed by atoms with Crippen LogP contribution in [-0.4, -0.2) is 34.5 Å². The summed E-state index contributed by atoms with van der Waals surface area (Å²) < 4.78 is 5.58. The Hall–Kier alpha value is -0.870. The summed E-state index contributed by atoms with van der Waals surface area (Å²) in [6.07, 6.45) is 0.0149. The highest BCUT2D eigenvalue weighted by Crippen LogP contribution is 2.52. The average Bonchev–Trinajstić information content (AvgIpc) is 2.77. The van der Waals surface area contributed by atoms with E-state index in [-0.39, 0.29) is 41.7 Å². The van der Waals surface area contributed by atoms with E-state index < -0.39 is 12.2 Å². The molecule has 0 spiro atoms. The van der Waals surface area contributed by atoms with E-state index in [0.29, 0.717) is 12.8 Å². The fraction of sp³-hybridized carbons (Fsp3) is 0.800. The molecule has 0 unspecified atom stereocenters. The lowest BCUT2D eigenvalue weighted by Crippen LogP contribution is -2.33. The fourth-order valence-electron chi connectivity index (χ4n) is 4.33. The minimum atomic E-state index is -0.586. The second kappa shape index (κ2) is 4.32. The molecule has 106 valence electrons. The Morgan fingerprint density at radius 3 is 2.63 bits per heavy atom. The molecule has 3 aliphatic rings. The van der Waals surface area contributed by atoms with E-state index >= 15 is 0 Å². The van der Waals surface area contributed by atoms with Crippen molar-refractivity contribution < 1.29 is 19.7 Å². The van der Waals surface area contributed by atoms with Crippen LogP contribution in [0.5, 0.6) is 0 Å². The summed E-state index contributed by atoms with van der Waals surface area (Å²) in [7, 11) is 0. The van der Waals surface area contributed by atoms with E-state index in [9.17, 15) is 15.0 Å². The quantitative estimate of drug-likeness (QED) is 0.509. The predicted octanol–water partition coefficient (Wildman–Crippen LogP) is 1.12. The van der Waals surface area contributed by atoms with Crippen molar-refractivity contribution in [3.8, 4) is 0 Å². The van der Waals surface area contributed by atoms with Crippen molar-refractivity contribution in [2.75, 3.05) is 0 Å². The van der Waals surface area contributed by atoms with Crippen LogP contribution in [0.1, 0.15) is 26.7 Å². The maximum atomic E-state index is 11.8. The van der Waals surface area contributed by atoms with Gasteiger partial charge in [0.25, 0.3) is 0 Å². The highest BCUT2D eigenvalue weighted by atomic mass is 16.6. The summed E-state index contributed by atoms with van der Waals surface area (Å²) in [5.41, 5.74) is 0.811. The van der Waals surface area contributed by atoms with Crippen LogP contribution >= 0.6 is 0 Å². The van der Waals surface area contributed by atoms with E-state index in [1.165, 1.54) is 0 Å². The molecule has 4 heteroatoms. The number of esters is 1. The third kappa shape index (κ3) is 1.77. The maximum absolute atomic E-state index is 11.8. The predicted molar refractivity (Wildman–Crippen MR) is 69.1 cm³/mol. The van der Waals surface area contributed by atoms with E-state index in [4.69, 9.17) is 4.74 Å². The fourth-order valence-corrected chi connectivity index (χ4v) is 4.33. The Kier molecular flexibility index (Phi) is 2.98. The normalized spacial score (nSPS) is 53.5. The molecular weight excluding hydrogens is 244 g/mol. The number of hydrogen-bond donors (Lipinski definition) is 2. The van der Waals surface area contributed by atoms with Crippen LogP contribution in [0.2, 0.25) is 0 Å². The maximum Gasteiger partial charge on any atom is 0.309 e. The van der Waals surface area contributed by atoms with Gasteiger partial charge in [-0.2, -0.15) is 0 Å². The first-order valence-electron chi connectivity index (χ1n) is 7.17. The number of hydrogen-bond acceptors (Lipinski definition) is 4. The molecule has 1 aliphatic heterocycles. The summed E-state index contributed by atoms with van der Waals surface area (Å²) in [6.45, 7) is 7.92. The Morgan fingerprint density at radius 1 is 1.26 bits per heavy atom. The molecule has 3 rings (SSSR count). The van der Waals surface area contributed by atoms with Crippen molar-refractivity contribution in [1.29, 1.82) is 0 Å². The van der Waals surface area contributed by atoms with Crippen LogP contribution < -0.4 is 0 Å². The molecular formula is C15H22O4. The molecule has 0 amide bonds. The first-order chi connectivity index (χ1) is 8.91. The molecule has 19 heavy (non-hydrogen) atoms. The van der Waals surface area contributed by atoms with Gasteiger partial charge in [-0.05, 0) is 30.3 Å². The van der Waals surface area contributed by atoms with Crippen LogP contribution in [0.3, 0.4) is 0 Å². The number of carbonyl (C=O) groups excluding carboxylic acids is 1. The average molecular weight is 266 g/mol. The van der Waals surface area contributed by atoms with Gasteiger partial charge in [-0.3, -0.25) is 4.79 Å². The van der Waals surface area contributed by atoms with Gasteiger partial charge in [0, 0.05) is 11.8 Å². The number of aliphatic hydroxyl groups is 2. The lowest BCUT2D eigenvalue weighted by atomic mass is 9.78. The van der Waals surface area contributed by atoms with Crippen LogP contribution in [-0.2, 0) is 9.53 Å². The Balaban J connectivity index is 2.00. The van der Waals surface area contributed by atoms with Crippen LogP contribution in [0.25, 0.3) is 0 Å². The van der Waals surface area contributed by atoms with E-state index in [0.717, 1.165) is 5.57 Å². The van der Waals surface area contributed by atoms with Crippen LogP contribution in [0.15, 0.2) is 12.2 Å². The summed E-state index contributed by atoms with van der Waals surface area (Å²) in [5, 5.41) is 20.4. The van der Waals surface area contributed by atoms with Gasteiger partial charge >= 0.3 is 5.97 Å². The third-order valence-corrected chi connectivity index (χ3v) is 5.64. The number of carbonyl (C=O) groups is 1. The zero-order valence-electron chi connectivity index (χ0n) is 11.5. The number of aliphatic hydroxyl groups excluding tert-OH is 2. The number of rotatable bonds is 0. The number of fused-ring (bicyclic) bond motifs is 3. The molecule has 0 bridgehead atoms. The molecule has 4 nitrogen and oxygen atoms in total. The van der Waals surface area contributed by atoms with Crippen LogP contribution in [0, 0.1) is 29.6 Å². The molecule has 0 radical (unpaired) electrons. The monoisotopic (exact) mass is 266 g/mol. The minimum absolute atomic E-state index is 0.0435. The molecule has 2 saturated carbocycles. The second-order valence-electron chi connectivity index (χ2n) is 6.53. The Labute approximate surface area is 113 Å². The van der Waals surface area contributed by atoms with Gasteiger partial charge in [0.2, 0.25) is 0 Å². The van der Waals surface area contributed by atoms with E-state index in [1.807, 2.05) is 13.8 Å².